The van der Waals surface area contributed by atoms with Crippen LogP contribution < -0.4 is 10.1 Å². The summed E-state index contributed by atoms with van der Waals surface area (Å²) in [6.07, 6.45) is -3.39. The Hall–Kier alpha value is -3.79. The fourth-order valence-corrected chi connectivity index (χ4v) is 4.97. The van der Waals surface area contributed by atoms with Crippen molar-refractivity contribution in [2.75, 3.05) is 5.32 Å². The van der Waals surface area contributed by atoms with Crippen molar-refractivity contribution in [3.05, 3.63) is 84.6 Å². The van der Waals surface area contributed by atoms with Crippen LogP contribution in [0.15, 0.2) is 88.8 Å². The van der Waals surface area contributed by atoms with Crippen molar-refractivity contribution in [3.8, 4) is 5.75 Å². The fraction of sp³-hybridized carbons (Fsp3) is 0.125. The van der Waals surface area contributed by atoms with Crippen LogP contribution in [0.25, 0.3) is 10.9 Å². The molecule has 1 amide bonds. The van der Waals surface area contributed by atoms with Gasteiger partial charge in [-0.05, 0) is 49.4 Å². The number of ether oxygens (including phenoxy) is 1. The number of amides is 1. The Morgan fingerprint density at radius 2 is 1.62 bits per heavy atom. The first-order valence-electron chi connectivity index (χ1n) is 10.1. The first kappa shape index (κ1) is 23.4. The van der Waals surface area contributed by atoms with Crippen LogP contribution in [-0.4, -0.2) is 25.3 Å². The molecule has 0 saturated carbocycles. The number of sulfone groups is 1. The second-order valence-corrected chi connectivity index (χ2v) is 9.49. The molecule has 0 fully saturated rings. The van der Waals surface area contributed by atoms with Crippen LogP contribution in [0.5, 0.6) is 5.75 Å². The molecule has 1 heterocycles. The number of nitrogens with zero attached hydrogens (tertiary/aromatic N) is 1. The lowest BCUT2D eigenvalue weighted by molar-refractivity contribution is -0.274. The minimum atomic E-state index is -4.81. The number of carbonyl (C=O) groups is 1. The van der Waals surface area contributed by atoms with Gasteiger partial charge in [-0.25, -0.2) is 8.42 Å². The maximum atomic E-state index is 13.3. The van der Waals surface area contributed by atoms with E-state index in [9.17, 15) is 26.4 Å². The number of nitrogens with one attached hydrogen (secondary N) is 1. The zero-order valence-corrected chi connectivity index (χ0v) is 18.7. The molecule has 1 aromatic heterocycles. The molecule has 0 bridgehead atoms. The number of aromatic nitrogens is 1. The molecule has 0 aliphatic rings. The summed E-state index contributed by atoms with van der Waals surface area (Å²) in [7, 11) is -3.83. The fourth-order valence-electron chi connectivity index (χ4n) is 3.50. The highest BCUT2D eigenvalue weighted by Crippen LogP contribution is 2.30. The number of aryl methyl sites for hydroxylation is 1. The molecule has 0 spiro atoms. The quantitative estimate of drug-likeness (QED) is 0.399. The third-order valence-electron chi connectivity index (χ3n) is 5.06. The van der Waals surface area contributed by atoms with E-state index in [1.54, 1.807) is 36.4 Å². The third-order valence-corrected chi connectivity index (χ3v) is 6.86. The van der Waals surface area contributed by atoms with E-state index in [1.807, 2.05) is 6.92 Å². The first-order valence-corrected chi connectivity index (χ1v) is 11.6. The van der Waals surface area contributed by atoms with Gasteiger partial charge in [0.05, 0.1) is 9.79 Å². The number of rotatable bonds is 6. The lowest BCUT2D eigenvalue weighted by Gasteiger charge is -2.10. The number of hydrogen-bond acceptors (Lipinski definition) is 4. The molecule has 6 nitrogen and oxygen atoms in total. The van der Waals surface area contributed by atoms with Crippen molar-refractivity contribution in [1.82, 2.24) is 4.57 Å². The van der Waals surface area contributed by atoms with Gasteiger partial charge >= 0.3 is 6.36 Å². The molecule has 3 aromatic carbocycles. The van der Waals surface area contributed by atoms with E-state index < -0.39 is 27.9 Å². The van der Waals surface area contributed by atoms with E-state index in [0.717, 1.165) is 17.7 Å². The lowest BCUT2D eigenvalue weighted by Crippen LogP contribution is -2.19. The summed E-state index contributed by atoms with van der Waals surface area (Å²) < 4.78 is 68.8. The van der Waals surface area contributed by atoms with Gasteiger partial charge in [-0.15, -0.1) is 13.2 Å². The van der Waals surface area contributed by atoms with Gasteiger partial charge in [-0.1, -0.05) is 35.9 Å². The van der Waals surface area contributed by atoms with E-state index in [-0.39, 0.29) is 22.0 Å². The van der Waals surface area contributed by atoms with Crippen LogP contribution in [0.3, 0.4) is 0 Å². The predicted octanol–water partition coefficient (Wildman–Crippen LogP) is 5.32. The summed E-state index contributed by atoms with van der Waals surface area (Å²) in [5.41, 5.74) is 1.75. The van der Waals surface area contributed by atoms with Gasteiger partial charge in [0.25, 0.3) is 0 Å². The van der Waals surface area contributed by atoms with Gasteiger partial charge in [0.1, 0.15) is 12.3 Å². The second kappa shape index (κ2) is 8.86. The third kappa shape index (κ3) is 5.07. The molecule has 0 aliphatic heterocycles. The summed E-state index contributed by atoms with van der Waals surface area (Å²) in [4.78, 5) is 12.8. The van der Waals surface area contributed by atoms with Crippen LogP contribution in [-0.2, 0) is 21.2 Å². The van der Waals surface area contributed by atoms with Gasteiger partial charge in [0.15, 0.2) is 0 Å². The summed E-state index contributed by atoms with van der Waals surface area (Å²) >= 11 is 0. The Balaban J connectivity index is 1.58. The Morgan fingerprint density at radius 3 is 2.26 bits per heavy atom. The van der Waals surface area contributed by atoms with Gasteiger partial charge in [-0.2, -0.15) is 0 Å². The molecular weight excluding hydrogens is 469 g/mol. The molecule has 0 aliphatic carbocycles. The zero-order valence-electron chi connectivity index (χ0n) is 17.8. The molecule has 176 valence electrons. The average molecular weight is 488 g/mol. The molecule has 0 atom stereocenters. The number of alkyl halides is 3. The largest absolute Gasteiger partial charge is 0.573 e. The van der Waals surface area contributed by atoms with Crippen molar-refractivity contribution in [2.45, 2.75) is 29.6 Å². The van der Waals surface area contributed by atoms with Crippen LogP contribution in [0.4, 0.5) is 18.9 Å². The monoisotopic (exact) mass is 488 g/mol. The molecule has 0 radical (unpaired) electrons. The number of benzene rings is 3. The van der Waals surface area contributed by atoms with Gasteiger partial charge in [0.2, 0.25) is 15.7 Å². The summed E-state index contributed by atoms with van der Waals surface area (Å²) in [5, 5.41) is 3.06. The van der Waals surface area contributed by atoms with Gasteiger partial charge < -0.3 is 14.6 Å². The maximum Gasteiger partial charge on any atom is 0.573 e. The molecule has 1 N–H and O–H groups in total. The first-order chi connectivity index (χ1) is 16.0. The molecule has 34 heavy (non-hydrogen) atoms. The SMILES string of the molecule is Cc1ccc(S(=O)(=O)c2cn(CC(=O)Nc3ccc(OC(F)(F)F)cc3)c3ccccc23)cc1. The standard InChI is InChI=1S/C24H19F3N2O4S/c1-16-6-12-19(13-7-16)34(31,32)22-14-29(21-5-3-2-4-20(21)22)15-23(30)28-17-8-10-18(11-9-17)33-24(25,26)27/h2-14H,15H2,1H3,(H,28,30). The van der Waals surface area contributed by atoms with Crippen molar-refractivity contribution in [3.63, 3.8) is 0 Å². The highest BCUT2D eigenvalue weighted by molar-refractivity contribution is 7.91. The van der Waals surface area contributed by atoms with Crippen LogP contribution in [0.1, 0.15) is 5.56 Å². The Labute approximate surface area is 193 Å². The minimum Gasteiger partial charge on any atom is -0.406 e. The van der Waals surface area contributed by atoms with E-state index >= 15 is 0 Å². The molecule has 4 aromatic rings. The maximum absolute atomic E-state index is 13.3. The van der Waals surface area contributed by atoms with Crippen molar-refractivity contribution in [2.24, 2.45) is 0 Å². The van der Waals surface area contributed by atoms with Gasteiger partial charge in [-0.3, -0.25) is 4.79 Å². The normalized spacial score (nSPS) is 12.0. The Morgan fingerprint density at radius 1 is 0.971 bits per heavy atom. The molecule has 0 unspecified atom stereocenters. The van der Waals surface area contributed by atoms with E-state index in [1.165, 1.54) is 35.0 Å². The van der Waals surface area contributed by atoms with E-state index in [0.29, 0.717) is 10.9 Å². The van der Waals surface area contributed by atoms with Gasteiger partial charge in [0, 0.05) is 22.8 Å². The number of anilines is 1. The van der Waals surface area contributed by atoms with Crippen molar-refractivity contribution < 1.29 is 31.1 Å². The van der Waals surface area contributed by atoms with E-state index in [2.05, 4.69) is 10.1 Å². The molecule has 4 rings (SSSR count). The number of fused-ring (bicyclic) bond motifs is 1. The highest BCUT2D eigenvalue weighted by atomic mass is 32.2. The summed E-state index contributed by atoms with van der Waals surface area (Å²) in [5.74, 6) is -0.891. The predicted molar refractivity (Wildman–Crippen MR) is 120 cm³/mol. The van der Waals surface area contributed by atoms with E-state index in [4.69, 9.17) is 0 Å². The number of carbonyl (C=O) groups excluding carboxylic acids is 1. The summed E-state index contributed by atoms with van der Waals surface area (Å²) in [6, 6.07) is 18.1. The van der Waals surface area contributed by atoms with Crippen molar-refractivity contribution >= 4 is 32.3 Å². The number of para-hydroxylation sites is 1. The lowest BCUT2D eigenvalue weighted by atomic mass is 10.2. The van der Waals surface area contributed by atoms with Crippen LogP contribution in [0.2, 0.25) is 0 Å². The molecule has 0 saturated heterocycles. The number of hydrogen-bond donors (Lipinski definition) is 1. The topological polar surface area (TPSA) is 77.4 Å². The van der Waals surface area contributed by atoms with Crippen LogP contribution in [0, 0.1) is 6.92 Å². The Bertz CT molecular complexity index is 1440. The summed E-state index contributed by atoms with van der Waals surface area (Å²) in [6.45, 7) is 1.66. The zero-order chi connectivity index (χ0) is 24.5. The molecule has 10 heteroatoms. The van der Waals surface area contributed by atoms with Crippen molar-refractivity contribution in [1.29, 1.82) is 0 Å². The number of halogens is 3. The average Bonchev–Trinajstić information content (AvgIpc) is 3.14. The minimum absolute atomic E-state index is 0.0772. The van der Waals surface area contributed by atoms with Crippen LogP contribution >= 0.6 is 0 Å². The highest BCUT2D eigenvalue weighted by Gasteiger charge is 2.31. The second-order valence-electron chi connectivity index (χ2n) is 7.58. The smallest absolute Gasteiger partial charge is 0.406 e. The molecular formula is C24H19F3N2O4S. The Kier molecular flexibility index (Phi) is 6.09.